The van der Waals surface area contributed by atoms with Gasteiger partial charge in [0.25, 0.3) is 0 Å². The summed E-state index contributed by atoms with van der Waals surface area (Å²) in [4.78, 5) is 2.48. The summed E-state index contributed by atoms with van der Waals surface area (Å²) in [6, 6.07) is 0. The fourth-order valence-corrected chi connectivity index (χ4v) is 2.84. The minimum atomic E-state index is 0.786. The Kier molecular flexibility index (Phi) is 4.10. The highest BCUT2D eigenvalue weighted by molar-refractivity contribution is 4.84. The van der Waals surface area contributed by atoms with Crippen molar-refractivity contribution in [3.05, 3.63) is 5.82 Å². The molecule has 17 heavy (non-hydrogen) atoms. The van der Waals surface area contributed by atoms with Crippen molar-refractivity contribution < 1.29 is 0 Å². The van der Waals surface area contributed by atoms with Crippen LogP contribution in [0.3, 0.4) is 0 Å². The van der Waals surface area contributed by atoms with Gasteiger partial charge in [-0.25, -0.2) is 4.68 Å². The molecule has 0 bridgehead atoms. The summed E-state index contributed by atoms with van der Waals surface area (Å²) in [5.74, 6) is 2.58. The first-order valence-corrected chi connectivity index (χ1v) is 6.66. The molecule has 1 aliphatic rings. The van der Waals surface area contributed by atoms with E-state index in [1.807, 2.05) is 4.68 Å². The smallest absolute Gasteiger partial charge is 0.165 e. The number of hydrogen-bond acceptors (Lipinski definition) is 4. The van der Waals surface area contributed by atoms with Crippen molar-refractivity contribution in [2.24, 2.45) is 11.8 Å². The highest BCUT2D eigenvalue weighted by atomic mass is 15.5. The highest BCUT2D eigenvalue weighted by Crippen LogP contribution is 2.21. The summed E-state index contributed by atoms with van der Waals surface area (Å²) in [5.41, 5.74) is 0. The van der Waals surface area contributed by atoms with Crippen molar-refractivity contribution in [2.75, 3.05) is 13.1 Å². The minimum Gasteiger partial charge on any atom is -0.295 e. The van der Waals surface area contributed by atoms with Crippen LogP contribution in [-0.2, 0) is 13.1 Å². The van der Waals surface area contributed by atoms with E-state index in [1.54, 1.807) is 0 Å². The molecule has 1 saturated heterocycles. The second-order valence-corrected chi connectivity index (χ2v) is 5.46. The van der Waals surface area contributed by atoms with E-state index in [0.29, 0.717) is 0 Å². The lowest BCUT2D eigenvalue weighted by Crippen LogP contribution is -2.38. The molecule has 2 atom stereocenters. The van der Waals surface area contributed by atoms with Crippen molar-refractivity contribution in [3.8, 4) is 0 Å². The first-order chi connectivity index (χ1) is 8.19. The molecule has 1 aliphatic heterocycles. The van der Waals surface area contributed by atoms with Crippen LogP contribution in [0.4, 0.5) is 0 Å². The topological polar surface area (TPSA) is 46.8 Å². The molecular formula is C12H23N5. The third kappa shape index (κ3) is 3.25. The van der Waals surface area contributed by atoms with Crippen LogP contribution in [0.1, 0.15) is 39.4 Å². The number of piperidine rings is 1. The van der Waals surface area contributed by atoms with E-state index >= 15 is 0 Å². The van der Waals surface area contributed by atoms with E-state index in [0.717, 1.165) is 37.2 Å². The Morgan fingerprint density at radius 3 is 2.59 bits per heavy atom. The Morgan fingerprint density at radius 2 is 1.94 bits per heavy atom. The molecule has 1 aromatic rings. The summed E-state index contributed by atoms with van der Waals surface area (Å²) in [6.45, 7) is 11.0. The molecule has 2 unspecified atom stereocenters. The SMILES string of the molecule is CCCn1nnnc1CN1CC(C)CC(C)C1. The number of nitrogens with zero attached hydrogens (tertiary/aromatic N) is 5. The van der Waals surface area contributed by atoms with Crippen molar-refractivity contribution in [3.63, 3.8) is 0 Å². The Balaban J connectivity index is 1.97. The van der Waals surface area contributed by atoms with Crippen LogP contribution in [0.5, 0.6) is 0 Å². The van der Waals surface area contributed by atoms with Crippen LogP contribution in [0.2, 0.25) is 0 Å². The molecule has 1 fully saturated rings. The maximum Gasteiger partial charge on any atom is 0.165 e. The van der Waals surface area contributed by atoms with Gasteiger partial charge in [0.15, 0.2) is 5.82 Å². The van der Waals surface area contributed by atoms with E-state index in [4.69, 9.17) is 0 Å². The van der Waals surface area contributed by atoms with Gasteiger partial charge < -0.3 is 0 Å². The molecule has 0 aliphatic carbocycles. The minimum absolute atomic E-state index is 0.786. The van der Waals surface area contributed by atoms with Gasteiger partial charge in [-0.2, -0.15) is 0 Å². The summed E-state index contributed by atoms with van der Waals surface area (Å²) in [5, 5.41) is 12.0. The molecule has 5 heteroatoms. The fourth-order valence-electron chi connectivity index (χ4n) is 2.84. The number of hydrogen-bond donors (Lipinski definition) is 0. The maximum atomic E-state index is 4.14. The lowest BCUT2D eigenvalue weighted by Gasteiger charge is -2.34. The average Bonchev–Trinajstić information content (AvgIpc) is 2.65. The maximum absolute atomic E-state index is 4.14. The predicted molar refractivity (Wildman–Crippen MR) is 66.3 cm³/mol. The summed E-state index contributed by atoms with van der Waals surface area (Å²) in [6.07, 6.45) is 2.42. The summed E-state index contributed by atoms with van der Waals surface area (Å²) >= 11 is 0. The quantitative estimate of drug-likeness (QED) is 0.797. The summed E-state index contributed by atoms with van der Waals surface area (Å²) in [7, 11) is 0. The first-order valence-electron chi connectivity index (χ1n) is 6.66. The normalized spacial score (nSPS) is 26.3. The molecule has 2 heterocycles. The molecule has 0 aromatic carbocycles. The molecule has 0 amide bonds. The molecule has 2 rings (SSSR count). The average molecular weight is 237 g/mol. The first kappa shape index (κ1) is 12.5. The van der Waals surface area contributed by atoms with Crippen LogP contribution in [0.25, 0.3) is 0 Å². The number of tetrazole rings is 1. The number of rotatable bonds is 4. The zero-order chi connectivity index (χ0) is 12.3. The van der Waals surface area contributed by atoms with Crippen molar-refractivity contribution in [1.82, 2.24) is 25.1 Å². The Bertz CT molecular complexity index is 338. The van der Waals surface area contributed by atoms with Gasteiger partial charge in [0.05, 0.1) is 6.54 Å². The largest absolute Gasteiger partial charge is 0.295 e. The second kappa shape index (κ2) is 5.58. The van der Waals surface area contributed by atoms with E-state index in [-0.39, 0.29) is 0 Å². The van der Waals surface area contributed by atoms with Gasteiger partial charge >= 0.3 is 0 Å². The fraction of sp³-hybridized carbons (Fsp3) is 0.917. The predicted octanol–water partition coefficient (Wildman–Crippen LogP) is 1.56. The third-order valence-corrected chi connectivity index (χ3v) is 3.35. The van der Waals surface area contributed by atoms with Crippen molar-refractivity contribution in [2.45, 2.75) is 46.7 Å². The Hall–Kier alpha value is -0.970. The van der Waals surface area contributed by atoms with Gasteiger partial charge in [0.2, 0.25) is 0 Å². The van der Waals surface area contributed by atoms with E-state index in [9.17, 15) is 0 Å². The molecule has 0 spiro atoms. The highest BCUT2D eigenvalue weighted by Gasteiger charge is 2.23. The van der Waals surface area contributed by atoms with Crippen molar-refractivity contribution >= 4 is 0 Å². The number of likely N-dealkylation sites (tertiary alicyclic amines) is 1. The zero-order valence-corrected chi connectivity index (χ0v) is 11.1. The van der Waals surface area contributed by atoms with Crippen LogP contribution in [0, 0.1) is 11.8 Å². The van der Waals surface area contributed by atoms with E-state index < -0.39 is 0 Å². The molecule has 5 nitrogen and oxygen atoms in total. The number of aromatic nitrogens is 4. The third-order valence-electron chi connectivity index (χ3n) is 3.35. The van der Waals surface area contributed by atoms with Gasteiger partial charge in [-0.1, -0.05) is 20.8 Å². The zero-order valence-electron chi connectivity index (χ0n) is 11.1. The lowest BCUT2D eigenvalue weighted by molar-refractivity contribution is 0.129. The molecular weight excluding hydrogens is 214 g/mol. The molecule has 0 saturated carbocycles. The van der Waals surface area contributed by atoms with Gasteiger partial charge in [-0.3, -0.25) is 4.90 Å². The van der Waals surface area contributed by atoms with Crippen LogP contribution >= 0.6 is 0 Å². The molecule has 1 aromatic heterocycles. The van der Waals surface area contributed by atoms with Crippen molar-refractivity contribution in [1.29, 1.82) is 0 Å². The molecule has 0 radical (unpaired) electrons. The Morgan fingerprint density at radius 1 is 1.24 bits per heavy atom. The Labute approximate surface area is 103 Å². The standard InChI is InChI=1S/C12H23N5/c1-4-5-17-12(13-14-15-17)9-16-7-10(2)6-11(3)8-16/h10-11H,4-9H2,1-3H3. The number of aryl methyl sites for hydroxylation is 1. The van der Waals surface area contributed by atoms with Gasteiger partial charge in [-0.15, -0.1) is 5.10 Å². The monoisotopic (exact) mass is 237 g/mol. The van der Waals surface area contributed by atoms with Crippen LogP contribution in [0.15, 0.2) is 0 Å². The van der Waals surface area contributed by atoms with Gasteiger partial charge in [0, 0.05) is 19.6 Å². The summed E-state index contributed by atoms with van der Waals surface area (Å²) < 4.78 is 1.93. The second-order valence-electron chi connectivity index (χ2n) is 5.46. The van der Waals surface area contributed by atoms with Gasteiger partial charge in [-0.05, 0) is 35.1 Å². The molecule has 0 N–H and O–H groups in total. The van der Waals surface area contributed by atoms with E-state index in [2.05, 4.69) is 41.2 Å². The molecule has 96 valence electrons. The van der Waals surface area contributed by atoms with E-state index in [1.165, 1.54) is 19.5 Å². The van der Waals surface area contributed by atoms with Crippen LogP contribution in [-0.4, -0.2) is 38.2 Å². The van der Waals surface area contributed by atoms with Crippen LogP contribution < -0.4 is 0 Å². The lowest BCUT2D eigenvalue weighted by atomic mass is 9.92. The van der Waals surface area contributed by atoms with Gasteiger partial charge in [0.1, 0.15) is 0 Å².